The standard InChI is InChI=1S/C28H32ClF5N4O3/c1-35-24(39)21-7-8-22(36-23(21)29)37-13-9-18(10-14-37)17-19-11-15-38(16-12-19)25(40)26(41,20-5-3-2-4-6-20)27(30,31)28(32,33)34/h2-8,18-19,41H,9-17H2,1H3,(H,35,39)/t26-/m1/s1. The van der Waals surface area contributed by atoms with E-state index in [1.165, 1.54) is 25.2 Å². The van der Waals surface area contributed by atoms with Crippen LogP contribution in [-0.2, 0) is 10.4 Å². The lowest BCUT2D eigenvalue weighted by Crippen LogP contribution is -2.63. The molecule has 1 atom stereocenters. The highest BCUT2D eigenvalue weighted by molar-refractivity contribution is 6.32. The summed E-state index contributed by atoms with van der Waals surface area (Å²) < 4.78 is 69.4. The Morgan fingerprint density at radius 1 is 0.951 bits per heavy atom. The second-order valence-corrected chi connectivity index (χ2v) is 11.0. The van der Waals surface area contributed by atoms with Crippen LogP contribution in [0.4, 0.5) is 27.8 Å². The number of alkyl halides is 5. The minimum Gasteiger partial charge on any atom is -0.370 e. The van der Waals surface area contributed by atoms with E-state index in [1.807, 2.05) is 0 Å². The molecule has 2 aliphatic heterocycles. The maximum Gasteiger partial charge on any atom is 0.457 e. The summed E-state index contributed by atoms with van der Waals surface area (Å²) >= 11 is 6.18. The number of hydrogen-bond donors (Lipinski definition) is 2. The number of hydrogen-bond acceptors (Lipinski definition) is 5. The number of halogens is 6. The number of aromatic nitrogens is 1. The lowest BCUT2D eigenvalue weighted by molar-refractivity contribution is -0.339. The predicted octanol–water partition coefficient (Wildman–Crippen LogP) is 5.03. The van der Waals surface area contributed by atoms with Crippen molar-refractivity contribution in [1.29, 1.82) is 0 Å². The van der Waals surface area contributed by atoms with Gasteiger partial charge in [0.2, 0.25) is 5.60 Å². The van der Waals surface area contributed by atoms with Gasteiger partial charge in [-0.15, -0.1) is 0 Å². The molecule has 41 heavy (non-hydrogen) atoms. The SMILES string of the molecule is CNC(=O)c1ccc(N2CCC(CC3CCN(C(=O)[C@](O)(c4ccccc4)C(F)(F)C(F)(F)F)CC3)CC2)nc1Cl. The minimum atomic E-state index is -6.13. The molecule has 0 aliphatic carbocycles. The number of amides is 2. The Hall–Kier alpha value is -2.99. The molecule has 2 aromatic rings. The van der Waals surface area contributed by atoms with Crippen molar-refractivity contribution in [2.45, 2.75) is 49.8 Å². The smallest absolute Gasteiger partial charge is 0.370 e. The van der Waals surface area contributed by atoms with Crippen molar-refractivity contribution in [3.63, 3.8) is 0 Å². The molecule has 1 aromatic heterocycles. The largest absolute Gasteiger partial charge is 0.457 e. The van der Waals surface area contributed by atoms with Crippen LogP contribution in [0.1, 0.15) is 48.0 Å². The molecule has 0 spiro atoms. The minimum absolute atomic E-state index is 0.0223. The second kappa shape index (κ2) is 12.1. The van der Waals surface area contributed by atoms with Gasteiger partial charge in [-0.2, -0.15) is 22.0 Å². The van der Waals surface area contributed by atoms with Crippen LogP contribution < -0.4 is 10.2 Å². The van der Waals surface area contributed by atoms with Gasteiger partial charge in [-0.3, -0.25) is 9.59 Å². The van der Waals surface area contributed by atoms with Gasteiger partial charge in [0.15, 0.2) is 0 Å². The highest BCUT2D eigenvalue weighted by atomic mass is 35.5. The van der Waals surface area contributed by atoms with Crippen LogP contribution in [0.15, 0.2) is 42.5 Å². The third-order valence-electron chi connectivity index (χ3n) is 8.12. The van der Waals surface area contributed by atoms with E-state index in [4.69, 9.17) is 11.6 Å². The Kier molecular flexibility index (Phi) is 9.13. The average molecular weight is 603 g/mol. The lowest BCUT2D eigenvalue weighted by Gasteiger charge is -2.42. The van der Waals surface area contributed by atoms with Crippen LogP contribution in [0.3, 0.4) is 0 Å². The molecule has 224 valence electrons. The van der Waals surface area contributed by atoms with E-state index >= 15 is 0 Å². The van der Waals surface area contributed by atoms with Crippen LogP contribution >= 0.6 is 11.6 Å². The molecule has 7 nitrogen and oxygen atoms in total. The molecule has 1 aromatic carbocycles. The van der Waals surface area contributed by atoms with Gasteiger partial charge in [0, 0.05) is 33.2 Å². The fourth-order valence-corrected chi connectivity index (χ4v) is 5.93. The second-order valence-electron chi connectivity index (χ2n) is 10.6. The highest BCUT2D eigenvalue weighted by Gasteiger charge is 2.74. The monoisotopic (exact) mass is 602 g/mol. The number of piperidine rings is 2. The Morgan fingerprint density at radius 2 is 1.51 bits per heavy atom. The first-order valence-electron chi connectivity index (χ1n) is 13.4. The summed E-state index contributed by atoms with van der Waals surface area (Å²) in [6.07, 6.45) is -2.70. The zero-order valence-electron chi connectivity index (χ0n) is 22.4. The molecule has 2 amide bonds. The lowest BCUT2D eigenvalue weighted by atomic mass is 9.81. The molecule has 0 bridgehead atoms. The Labute approximate surface area is 239 Å². The van der Waals surface area contributed by atoms with Gasteiger partial charge in [-0.1, -0.05) is 41.9 Å². The van der Waals surface area contributed by atoms with Crippen molar-refractivity contribution in [3.8, 4) is 0 Å². The zero-order chi connectivity index (χ0) is 30.0. The predicted molar refractivity (Wildman–Crippen MR) is 143 cm³/mol. The summed E-state index contributed by atoms with van der Waals surface area (Å²) in [5.74, 6) is -6.44. The van der Waals surface area contributed by atoms with E-state index in [1.54, 1.807) is 12.1 Å². The molecule has 2 aliphatic rings. The molecule has 0 radical (unpaired) electrons. The maximum atomic E-state index is 14.6. The van der Waals surface area contributed by atoms with Crippen LogP contribution in [-0.4, -0.2) is 72.1 Å². The number of nitrogens with zero attached hydrogens (tertiary/aromatic N) is 3. The van der Waals surface area contributed by atoms with E-state index in [9.17, 15) is 36.6 Å². The fraction of sp³-hybridized carbons (Fsp3) is 0.536. The molecule has 2 N–H and O–H groups in total. The number of pyridine rings is 1. The van der Waals surface area contributed by atoms with Gasteiger partial charge in [0.1, 0.15) is 11.0 Å². The molecule has 3 heterocycles. The summed E-state index contributed by atoms with van der Waals surface area (Å²) in [7, 11) is 1.51. The number of aliphatic hydroxyl groups is 1. The molecular formula is C28H32ClF5N4O3. The number of carbonyl (C=O) groups is 2. The Balaban J connectivity index is 1.34. The zero-order valence-corrected chi connectivity index (χ0v) is 23.2. The van der Waals surface area contributed by atoms with E-state index in [2.05, 4.69) is 15.2 Å². The number of nitrogens with one attached hydrogen (secondary N) is 1. The number of rotatable bonds is 7. The molecule has 4 rings (SSSR count). The van der Waals surface area contributed by atoms with Crippen LogP contribution in [0.5, 0.6) is 0 Å². The molecule has 2 fully saturated rings. The Bertz CT molecular complexity index is 1230. The number of likely N-dealkylation sites (tertiary alicyclic amines) is 1. The summed E-state index contributed by atoms with van der Waals surface area (Å²) in [6, 6.07) is 8.97. The van der Waals surface area contributed by atoms with Gasteiger partial charge in [-0.25, -0.2) is 4.98 Å². The number of carbonyl (C=O) groups excluding carboxylic acids is 2. The fourth-order valence-electron chi connectivity index (χ4n) is 5.70. The first-order valence-corrected chi connectivity index (χ1v) is 13.8. The van der Waals surface area contributed by atoms with Crippen LogP contribution in [0, 0.1) is 11.8 Å². The first-order chi connectivity index (χ1) is 19.3. The van der Waals surface area contributed by atoms with Crippen molar-refractivity contribution >= 4 is 29.2 Å². The number of benzene rings is 1. The third kappa shape index (κ3) is 6.13. The summed E-state index contributed by atoms with van der Waals surface area (Å²) in [6.45, 7) is 1.40. The number of anilines is 1. The van der Waals surface area contributed by atoms with Gasteiger partial charge in [0.05, 0.1) is 5.56 Å². The van der Waals surface area contributed by atoms with Crippen molar-refractivity contribution in [1.82, 2.24) is 15.2 Å². The van der Waals surface area contributed by atoms with Crippen molar-refractivity contribution < 1.29 is 36.6 Å². The van der Waals surface area contributed by atoms with Gasteiger partial charge >= 0.3 is 12.1 Å². The van der Waals surface area contributed by atoms with Crippen molar-refractivity contribution in [2.75, 3.05) is 38.1 Å². The summed E-state index contributed by atoms with van der Waals surface area (Å²) in [5, 5.41) is 13.4. The quantitative estimate of drug-likeness (QED) is 0.343. The topological polar surface area (TPSA) is 85.8 Å². The van der Waals surface area contributed by atoms with E-state index in [0.29, 0.717) is 30.1 Å². The van der Waals surface area contributed by atoms with Crippen LogP contribution in [0.2, 0.25) is 5.15 Å². The normalized spacial score (nSPS) is 19.1. The van der Waals surface area contributed by atoms with E-state index < -0.39 is 29.2 Å². The van der Waals surface area contributed by atoms with Gasteiger partial charge in [-0.05, 0) is 61.6 Å². The maximum absolute atomic E-state index is 14.6. The van der Waals surface area contributed by atoms with Gasteiger partial charge < -0.3 is 20.2 Å². The molecule has 0 unspecified atom stereocenters. The molecule has 2 saturated heterocycles. The molecule has 13 heteroatoms. The molecular weight excluding hydrogens is 571 g/mol. The summed E-state index contributed by atoms with van der Waals surface area (Å²) in [4.78, 5) is 32.3. The molecule has 0 saturated carbocycles. The van der Waals surface area contributed by atoms with E-state index in [0.717, 1.165) is 49.4 Å². The first kappa shape index (κ1) is 31.0. The highest BCUT2D eigenvalue weighted by Crippen LogP contribution is 2.49. The van der Waals surface area contributed by atoms with Crippen LogP contribution in [0.25, 0.3) is 0 Å². The van der Waals surface area contributed by atoms with E-state index in [-0.39, 0.29) is 30.1 Å². The average Bonchev–Trinajstić information content (AvgIpc) is 2.96. The Morgan fingerprint density at radius 3 is 2.02 bits per heavy atom. The van der Waals surface area contributed by atoms with Gasteiger partial charge in [0.25, 0.3) is 11.8 Å². The van der Waals surface area contributed by atoms with Crippen molar-refractivity contribution in [3.05, 3.63) is 58.7 Å². The van der Waals surface area contributed by atoms with Crippen molar-refractivity contribution in [2.24, 2.45) is 11.8 Å². The summed E-state index contributed by atoms with van der Waals surface area (Å²) in [5.41, 5.74) is -4.58. The third-order valence-corrected chi connectivity index (χ3v) is 8.41.